The lowest BCUT2D eigenvalue weighted by Crippen LogP contribution is -2.42. The van der Waals surface area contributed by atoms with E-state index in [0.717, 1.165) is 27.1 Å². The summed E-state index contributed by atoms with van der Waals surface area (Å²) in [7, 11) is 0. The highest BCUT2D eigenvalue weighted by atomic mass is 32.2. The summed E-state index contributed by atoms with van der Waals surface area (Å²) in [6.07, 6.45) is 4.31. The number of hydrogen-bond acceptors (Lipinski definition) is 5. The monoisotopic (exact) mass is 409 g/mol. The lowest BCUT2D eigenvalue weighted by atomic mass is 10.1. The maximum atomic E-state index is 12.2. The molecule has 3 aromatic heterocycles. The van der Waals surface area contributed by atoms with Crippen LogP contribution in [0.2, 0.25) is 0 Å². The number of carbonyl (C=O) groups is 1. The largest absolute Gasteiger partial charge is 0.405 e. The second kappa shape index (κ2) is 8.09. The van der Waals surface area contributed by atoms with Crippen LogP contribution in [0.5, 0.6) is 0 Å². The standard InChI is InChI=1S/C18H18F3N5OS/c1-10(17(27)25-9-18(19,20)21)26-12-3-11(5-22-6-12)15-8-24-16-14(15)4-13(28-2)7-23-16/h3-8,10,26H,9H2,1-2H3,(H,23,24)(H,25,27)/t10-/m1/s1. The Hall–Kier alpha value is -2.75. The number of aromatic nitrogens is 3. The number of alkyl halides is 3. The third-order valence-corrected chi connectivity index (χ3v) is 4.73. The molecule has 148 valence electrons. The number of nitrogens with zero attached hydrogens (tertiary/aromatic N) is 2. The Bertz CT molecular complexity index is 989. The third-order valence-electron chi connectivity index (χ3n) is 4.03. The van der Waals surface area contributed by atoms with Gasteiger partial charge in [-0.2, -0.15) is 13.2 Å². The second-order valence-electron chi connectivity index (χ2n) is 6.13. The Morgan fingerprint density at radius 2 is 2.07 bits per heavy atom. The van der Waals surface area contributed by atoms with Gasteiger partial charge < -0.3 is 15.6 Å². The topological polar surface area (TPSA) is 82.7 Å². The fourth-order valence-corrected chi connectivity index (χ4v) is 3.05. The van der Waals surface area contributed by atoms with Gasteiger partial charge in [-0.05, 0) is 25.3 Å². The molecule has 0 aliphatic rings. The molecule has 0 aromatic carbocycles. The molecule has 3 heterocycles. The summed E-state index contributed by atoms with van der Waals surface area (Å²) in [5.41, 5.74) is 2.95. The minimum atomic E-state index is -4.45. The summed E-state index contributed by atoms with van der Waals surface area (Å²) < 4.78 is 36.7. The molecule has 3 aromatic rings. The zero-order valence-corrected chi connectivity index (χ0v) is 15.9. The van der Waals surface area contributed by atoms with Crippen molar-refractivity contribution in [1.29, 1.82) is 0 Å². The van der Waals surface area contributed by atoms with Gasteiger partial charge in [0.15, 0.2) is 0 Å². The van der Waals surface area contributed by atoms with Gasteiger partial charge in [0, 0.05) is 46.2 Å². The summed E-state index contributed by atoms with van der Waals surface area (Å²) in [6.45, 7) is 0.120. The van der Waals surface area contributed by atoms with E-state index in [-0.39, 0.29) is 0 Å². The van der Waals surface area contributed by atoms with Crippen LogP contribution < -0.4 is 10.6 Å². The Kier molecular flexibility index (Phi) is 5.78. The molecular formula is C18H18F3N5OS. The van der Waals surface area contributed by atoms with Crippen molar-refractivity contribution in [1.82, 2.24) is 20.3 Å². The molecule has 10 heteroatoms. The van der Waals surface area contributed by atoms with E-state index in [9.17, 15) is 18.0 Å². The number of halogens is 3. The Labute approximate surface area is 163 Å². The van der Waals surface area contributed by atoms with E-state index in [2.05, 4.69) is 20.3 Å². The van der Waals surface area contributed by atoms with Gasteiger partial charge in [0.25, 0.3) is 0 Å². The summed E-state index contributed by atoms with van der Waals surface area (Å²) in [5.74, 6) is -0.747. The SMILES string of the molecule is CSc1cnc2[nH]cc(-c3cncc(N[C@H](C)C(=O)NCC(F)(F)F)c3)c2c1. The minimum Gasteiger partial charge on any atom is -0.373 e. The molecule has 6 nitrogen and oxygen atoms in total. The lowest BCUT2D eigenvalue weighted by molar-refractivity contribution is -0.138. The molecule has 1 atom stereocenters. The number of carbonyl (C=O) groups excluding carboxylic acids is 1. The molecule has 0 unspecified atom stereocenters. The van der Waals surface area contributed by atoms with E-state index < -0.39 is 24.7 Å². The number of aromatic amines is 1. The van der Waals surface area contributed by atoms with Crippen LogP contribution in [0, 0.1) is 0 Å². The zero-order chi connectivity index (χ0) is 20.3. The van der Waals surface area contributed by atoms with Gasteiger partial charge in [0.05, 0.1) is 5.69 Å². The van der Waals surface area contributed by atoms with Gasteiger partial charge >= 0.3 is 6.18 Å². The van der Waals surface area contributed by atoms with Gasteiger partial charge in [-0.25, -0.2) is 4.98 Å². The predicted molar refractivity (Wildman–Crippen MR) is 103 cm³/mol. The van der Waals surface area contributed by atoms with Crippen molar-refractivity contribution < 1.29 is 18.0 Å². The first-order chi connectivity index (χ1) is 13.3. The van der Waals surface area contributed by atoms with Gasteiger partial charge in [-0.15, -0.1) is 11.8 Å². The highest BCUT2D eigenvalue weighted by Gasteiger charge is 2.28. The van der Waals surface area contributed by atoms with Gasteiger partial charge in [-0.1, -0.05) is 0 Å². The smallest absolute Gasteiger partial charge is 0.373 e. The summed E-state index contributed by atoms with van der Waals surface area (Å²) in [4.78, 5) is 24.5. The van der Waals surface area contributed by atoms with Crippen LogP contribution in [0.3, 0.4) is 0 Å². The molecule has 1 amide bonds. The quantitative estimate of drug-likeness (QED) is 0.539. The Balaban J connectivity index is 1.78. The van der Waals surface area contributed by atoms with E-state index in [1.165, 1.54) is 13.1 Å². The first-order valence-corrected chi connectivity index (χ1v) is 9.57. The molecule has 0 aliphatic heterocycles. The average Bonchev–Trinajstić information content (AvgIpc) is 3.08. The number of amides is 1. The van der Waals surface area contributed by atoms with Crippen molar-refractivity contribution in [2.45, 2.75) is 24.0 Å². The van der Waals surface area contributed by atoms with E-state index >= 15 is 0 Å². The Morgan fingerprint density at radius 1 is 1.29 bits per heavy atom. The summed E-state index contributed by atoms with van der Waals surface area (Å²) in [6, 6.07) is 2.95. The maximum Gasteiger partial charge on any atom is 0.405 e. The molecule has 0 saturated carbocycles. The van der Waals surface area contributed by atoms with Crippen LogP contribution in [0.25, 0.3) is 22.2 Å². The van der Waals surface area contributed by atoms with Crippen molar-refractivity contribution in [3.63, 3.8) is 0 Å². The molecule has 0 aliphatic carbocycles. The van der Waals surface area contributed by atoms with E-state index in [0.29, 0.717) is 5.69 Å². The first-order valence-electron chi connectivity index (χ1n) is 8.34. The molecule has 0 radical (unpaired) electrons. The molecule has 28 heavy (non-hydrogen) atoms. The second-order valence-corrected chi connectivity index (χ2v) is 7.01. The van der Waals surface area contributed by atoms with Gasteiger partial charge in [0.2, 0.25) is 5.91 Å². The van der Waals surface area contributed by atoms with E-state index in [1.54, 1.807) is 30.2 Å². The van der Waals surface area contributed by atoms with Crippen molar-refractivity contribution in [3.8, 4) is 11.1 Å². The number of fused-ring (bicyclic) bond motifs is 1. The summed E-state index contributed by atoms with van der Waals surface area (Å²) in [5, 5.41) is 5.67. The van der Waals surface area contributed by atoms with Crippen LogP contribution in [0.15, 0.2) is 41.8 Å². The van der Waals surface area contributed by atoms with Crippen molar-refractivity contribution in [3.05, 3.63) is 36.9 Å². The number of thioether (sulfide) groups is 1. The number of hydrogen-bond donors (Lipinski definition) is 3. The van der Waals surface area contributed by atoms with Gasteiger partial charge in [-0.3, -0.25) is 9.78 Å². The zero-order valence-electron chi connectivity index (χ0n) is 15.1. The maximum absolute atomic E-state index is 12.2. The highest BCUT2D eigenvalue weighted by Crippen LogP contribution is 2.31. The fraction of sp³-hybridized carbons (Fsp3) is 0.278. The molecule has 0 spiro atoms. The van der Waals surface area contributed by atoms with E-state index in [1.807, 2.05) is 23.8 Å². The highest BCUT2D eigenvalue weighted by molar-refractivity contribution is 7.98. The van der Waals surface area contributed by atoms with Crippen LogP contribution in [0.1, 0.15) is 6.92 Å². The minimum absolute atomic E-state index is 0.524. The molecule has 3 rings (SSSR count). The number of rotatable bonds is 6. The van der Waals surface area contributed by atoms with E-state index in [4.69, 9.17) is 0 Å². The molecule has 0 fully saturated rings. The number of H-pyrrole nitrogens is 1. The fourth-order valence-electron chi connectivity index (χ4n) is 2.66. The van der Waals surface area contributed by atoms with Crippen LogP contribution in [-0.4, -0.2) is 45.9 Å². The van der Waals surface area contributed by atoms with Crippen LogP contribution >= 0.6 is 11.8 Å². The number of nitrogens with one attached hydrogen (secondary N) is 3. The summed E-state index contributed by atoms with van der Waals surface area (Å²) >= 11 is 1.58. The van der Waals surface area contributed by atoms with Crippen LogP contribution in [-0.2, 0) is 4.79 Å². The normalized spacial score (nSPS) is 12.8. The van der Waals surface area contributed by atoms with Crippen molar-refractivity contribution >= 4 is 34.4 Å². The van der Waals surface area contributed by atoms with Gasteiger partial charge in [0.1, 0.15) is 18.2 Å². The molecule has 0 bridgehead atoms. The van der Waals surface area contributed by atoms with Crippen molar-refractivity contribution in [2.24, 2.45) is 0 Å². The first kappa shape index (κ1) is 20.0. The van der Waals surface area contributed by atoms with Crippen LogP contribution in [0.4, 0.5) is 18.9 Å². The Morgan fingerprint density at radius 3 is 2.79 bits per heavy atom. The lowest BCUT2D eigenvalue weighted by Gasteiger charge is -2.16. The molecule has 3 N–H and O–H groups in total. The predicted octanol–water partition coefficient (Wildman–Crippen LogP) is 3.83. The number of pyridine rings is 2. The van der Waals surface area contributed by atoms with Crippen molar-refractivity contribution in [2.75, 3.05) is 18.1 Å². The average molecular weight is 409 g/mol. The molecule has 0 saturated heterocycles. The molecular weight excluding hydrogens is 391 g/mol. The number of anilines is 1. The third kappa shape index (κ3) is 4.75.